The van der Waals surface area contributed by atoms with E-state index in [-0.39, 0.29) is 52.4 Å². The maximum Gasteiger partial charge on any atom is 0.201 e. The minimum Gasteiger partial charge on any atom is -0.463 e. The summed E-state index contributed by atoms with van der Waals surface area (Å²) in [6.45, 7) is 0. The molecule has 20 heavy (non-hydrogen) atoms. The molecular formula is C11H11Cl2CuN3O2S. The van der Waals surface area contributed by atoms with Crippen molar-refractivity contribution in [1.82, 2.24) is 5.43 Å². The van der Waals surface area contributed by atoms with Crippen molar-refractivity contribution >= 4 is 59.3 Å². The van der Waals surface area contributed by atoms with Crippen LogP contribution in [-0.2, 0) is 17.1 Å². The number of hydrogen-bond donors (Lipinski definition) is 2. The van der Waals surface area contributed by atoms with Gasteiger partial charge in [-0.1, -0.05) is 12.1 Å². The van der Waals surface area contributed by atoms with Gasteiger partial charge in [-0.05, 0) is 24.4 Å². The first-order valence-corrected chi connectivity index (χ1v) is 5.18. The quantitative estimate of drug-likeness (QED) is 0.358. The van der Waals surface area contributed by atoms with E-state index in [9.17, 15) is 4.79 Å². The maximum absolute atomic E-state index is 12.0. The van der Waals surface area contributed by atoms with Gasteiger partial charge in [-0.15, -0.1) is 24.8 Å². The fraction of sp³-hybridized carbons (Fsp3) is 0. The standard InChI is InChI=1S/C11H9N3O2S.2ClH.Cu/c12-11(17)14-13-5-7-6-16-9-4-2-1-3-8(9)10(7)15;;;/h1-6H,(H3,12,14,17);2*1H;/b13-5+;;;. The van der Waals surface area contributed by atoms with Crippen molar-refractivity contribution < 1.29 is 21.5 Å². The van der Waals surface area contributed by atoms with Crippen molar-refractivity contribution in [2.75, 3.05) is 0 Å². The second kappa shape index (κ2) is 9.74. The molecule has 5 nitrogen and oxygen atoms in total. The zero-order chi connectivity index (χ0) is 12.3. The van der Waals surface area contributed by atoms with E-state index < -0.39 is 0 Å². The van der Waals surface area contributed by atoms with E-state index in [0.717, 1.165) is 0 Å². The van der Waals surface area contributed by atoms with Crippen LogP contribution < -0.4 is 16.6 Å². The van der Waals surface area contributed by atoms with Crippen molar-refractivity contribution in [2.45, 2.75) is 0 Å². The number of nitrogens with zero attached hydrogens (tertiary/aromatic N) is 1. The number of hydrogen-bond acceptors (Lipinski definition) is 4. The first-order chi connectivity index (χ1) is 8.18. The van der Waals surface area contributed by atoms with Gasteiger partial charge in [-0.3, -0.25) is 10.2 Å². The largest absolute Gasteiger partial charge is 0.463 e. The number of thiocarbonyl (C=S) groups is 1. The van der Waals surface area contributed by atoms with E-state index in [0.29, 0.717) is 16.5 Å². The zero-order valence-corrected chi connectivity index (χ0v) is 13.2. The van der Waals surface area contributed by atoms with Crippen LogP contribution in [0.25, 0.3) is 11.0 Å². The molecule has 1 aromatic carbocycles. The third kappa shape index (κ3) is 5.11. The Bertz CT molecular complexity index is 663. The number of rotatable bonds is 2. The molecular weight excluding hydrogens is 373 g/mol. The topological polar surface area (TPSA) is 80.6 Å². The van der Waals surface area contributed by atoms with E-state index in [1.54, 1.807) is 24.3 Å². The van der Waals surface area contributed by atoms with E-state index in [4.69, 9.17) is 10.2 Å². The van der Waals surface area contributed by atoms with Crippen LogP contribution >= 0.6 is 37.0 Å². The Balaban J connectivity index is 0. The van der Waals surface area contributed by atoms with Gasteiger partial charge in [0.15, 0.2) is 5.11 Å². The number of nitrogens with one attached hydrogen (secondary N) is 1. The summed E-state index contributed by atoms with van der Waals surface area (Å²) in [6, 6.07) is 6.99. The molecule has 0 amide bonds. The van der Waals surface area contributed by atoms with Gasteiger partial charge in [0.25, 0.3) is 0 Å². The summed E-state index contributed by atoms with van der Waals surface area (Å²) >= 11 is 4.57. The molecule has 0 bridgehead atoms. The summed E-state index contributed by atoms with van der Waals surface area (Å²) in [7, 11) is 0. The molecule has 9 heteroatoms. The number of nitrogens with two attached hydrogens (primary N) is 1. The van der Waals surface area contributed by atoms with Crippen LogP contribution in [0.1, 0.15) is 5.56 Å². The minimum absolute atomic E-state index is 0. The molecule has 0 unspecified atom stereocenters. The van der Waals surface area contributed by atoms with E-state index >= 15 is 0 Å². The Hall–Kier alpha value is -1.11. The SMILES string of the molecule is Cl.Cl.NC(=S)N/N=C/c1coc2ccccc2c1=O.[Cu]. The number of benzene rings is 1. The molecule has 0 aliphatic heterocycles. The number of hydrazone groups is 1. The summed E-state index contributed by atoms with van der Waals surface area (Å²) in [5, 5.41) is 4.25. The number of halogens is 2. The van der Waals surface area contributed by atoms with Crippen LogP contribution in [0, 0.1) is 0 Å². The Morgan fingerprint density at radius 1 is 1.35 bits per heavy atom. The summed E-state index contributed by atoms with van der Waals surface area (Å²) in [4.78, 5) is 12.0. The third-order valence-corrected chi connectivity index (χ3v) is 2.18. The summed E-state index contributed by atoms with van der Waals surface area (Å²) in [5.41, 5.74) is 8.27. The molecule has 0 saturated heterocycles. The Kier molecular flexibility index (Phi) is 10.3. The first-order valence-electron chi connectivity index (χ1n) is 4.77. The normalized spacial score (nSPS) is 9.20. The van der Waals surface area contributed by atoms with Gasteiger partial charge >= 0.3 is 0 Å². The Morgan fingerprint density at radius 2 is 2.00 bits per heavy atom. The fourth-order valence-electron chi connectivity index (χ4n) is 1.35. The Morgan fingerprint density at radius 3 is 2.65 bits per heavy atom. The van der Waals surface area contributed by atoms with E-state index in [2.05, 4.69) is 22.7 Å². The molecule has 0 saturated carbocycles. The van der Waals surface area contributed by atoms with Gasteiger partial charge < -0.3 is 10.2 Å². The van der Waals surface area contributed by atoms with Crippen molar-refractivity contribution in [1.29, 1.82) is 0 Å². The molecule has 2 rings (SSSR count). The van der Waals surface area contributed by atoms with Crippen molar-refractivity contribution in [3.8, 4) is 0 Å². The molecule has 0 atom stereocenters. The minimum atomic E-state index is -0.152. The van der Waals surface area contributed by atoms with E-state index in [1.807, 2.05) is 0 Å². The maximum atomic E-state index is 12.0. The van der Waals surface area contributed by atoms with Crippen LogP contribution in [0.15, 0.2) is 44.8 Å². The van der Waals surface area contributed by atoms with Crippen LogP contribution in [0.5, 0.6) is 0 Å². The molecule has 3 N–H and O–H groups in total. The molecule has 1 heterocycles. The number of fused-ring (bicyclic) bond motifs is 1. The molecule has 113 valence electrons. The average molecular weight is 384 g/mol. The van der Waals surface area contributed by atoms with Crippen molar-refractivity contribution in [3.63, 3.8) is 0 Å². The van der Waals surface area contributed by atoms with Crippen molar-refractivity contribution in [3.05, 3.63) is 46.3 Å². The third-order valence-electron chi connectivity index (χ3n) is 2.09. The first kappa shape index (κ1) is 21.2. The van der Waals surface area contributed by atoms with Crippen LogP contribution in [0.2, 0.25) is 0 Å². The predicted octanol–water partition coefficient (Wildman–Crippen LogP) is 1.80. The van der Waals surface area contributed by atoms with Gasteiger partial charge in [-0.2, -0.15) is 5.10 Å². The molecule has 0 fully saturated rings. The molecule has 2 aromatic rings. The summed E-state index contributed by atoms with van der Waals surface area (Å²) in [5.74, 6) is 0. The molecule has 0 spiro atoms. The number of para-hydroxylation sites is 1. The second-order valence-corrected chi connectivity index (χ2v) is 3.69. The zero-order valence-electron chi connectivity index (χ0n) is 9.83. The van der Waals surface area contributed by atoms with Gasteiger partial charge in [0.1, 0.15) is 11.8 Å². The van der Waals surface area contributed by atoms with Crippen LogP contribution in [0.4, 0.5) is 0 Å². The summed E-state index contributed by atoms with van der Waals surface area (Å²) < 4.78 is 5.30. The van der Waals surface area contributed by atoms with E-state index in [1.165, 1.54) is 12.5 Å². The molecule has 1 radical (unpaired) electrons. The predicted molar refractivity (Wildman–Crippen MR) is 84.5 cm³/mol. The molecule has 1 aromatic heterocycles. The summed E-state index contributed by atoms with van der Waals surface area (Å²) in [6.07, 6.45) is 2.66. The smallest absolute Gasteiger partial charge is 0.201 e. The van der Waals surface area contributed by atoms with Gasteiger partial charge in [0.05, 0.1) is 17.2 Å². The fourth-order valence-corrected chi connectivity index (χ4v) is 1.40. The monoisotopic (exact) mass is 382 g/mol. The van der Waals surface area contributed by atoms with Crippen LogP contribution in [-0.4, -0.2) is 11.3 Å². The second-order valence-electron chi connectivity index (χ2n) is 3.25. The van der Waals surface area contributed by atoms with Crippen LogP contribution in [0.3, 0.4) is 0 Å². The average Bonchev–Trinajstić information content (AvgIpc) is 2.32. The van der Waals surface area contributed by atoms with Gasteiger partial charge in [0, 0.05) is 17.1 Å². The molecule has 0 aliphatic carbocycles. The van der Waals surface area contributed by atoms with Crippen molar-refractivity contribution in [2.24, 2.45) is 10.8 Å². The Labute approximate surface area is 143 Å². The van der Waals surface area contributed by atoms with Gasteiger partial charge in [0.2, 0.25) is 5.43 Å². The van der Waals surface area contributed by atoms with Gasteiger partial charge in [-0.25, -0.2) is 0 Å². The molecule has 0 aliphatic rings.